The number of nitrogens with one attached hydrogen (secondary N) is 3. The van der Waals surface area contributed by atoms with E-state index in [1.54, 1.807) is 0 Å². The summed E-state index contributed by atoms with van der Waals surface area (Å²) in [6.07, 6.45) is 4.33. The lowest BCUT2D eigenvalue weighted by molar-refractivity contribution is 0.0420. The largest absolute Gasteiger partial charge is 0.379 e. The molecule has 0 amide bonds. The van der Waals surface area contributed by atoms with Crippen LogP contribution in [0.5, 0.6) is 0 Å². The Morgan fingerprint density at radius 2 is 2.00 bits per heavy atom. The van der Waals surface area contributed by atoms with E-state index < -0.39 is 0 Å². The van der Waals surface area contributed by atoms with Crippen LogP contribution in [0.2, 0.25) is 0 Å². The van der Waals surface area contributed by atoms with Gasteiger partial charge < -0.3 is 25.4 Å². The van der Waals surface area contributed by atoms with Gasteiger partial charge in [-0.3, -0.25) is 4.99 Å². The summed E-state index contributed by atoms with van der Waals surface area (Å²) >= 11 is 0. The molecule has 164 valence electrons. The summed E-state index contributed by atoms with van der Waals surface area (Å²) in [5.41, 5.74) is 1.33. The van der Waals surface area contributed by atoms with Crippen molar-refractivity contribution >= 4 is 5.96 Å². The van der Waals surface area contributed by atoms with E-state index >= 15 is 0 Å². The van der Waals surface area contributed by atoms with Crippen LogP contribution in [0.25, 0.3) is 0 Å². The first-order valence-corrected chi connectivity index (χ1v) is 11.1. The van der Waals surface area contributed by atoms with Gasteiger partial charge in [0.1, 0.15) is 0 Å². The molecule has 1 aliphatic rings. The van der Waals surface area contributed by atoms with E-state index in [-0.39, 0.29) is 11.6 Å². The molecule has 1 heterocycles. The predicted octanol–water partition coefficient (Wildman–Crippen LogP) is 3.26. The molecule has 1 fully saturated rings. The smallest absolute Gasteiger partial charge is 0.191 e. The molecule has 6 heteroatoms. The minimum atomic E-state index is 0.0124. The summed E-state index contributed by atoms with van der Waals surface area (Å²) in [6, 6.07) is 10.9. The molecule has 0 aliphatic carbocycles. The number of hydrogen-bond acceptors (Lipinski definition) is 4. The van der Waals surface area contributed by atoms with Crippen LogP contribution in [0.4, 0.5) is 0 Å². The predicted molar refractivity (Wildman–Crippen MR) is 120 cm³/mol. The summed E-state index contributed by atoms with van der Waals surface area (Å²) in [6.45, 7) is 10.7. The molecule has 2 unspecified atom stereocenters. The van der Waals surface area contributed by atoms with Gasteiger partial charge in [0.15, 0.2) is 5.96 Å². The van der Waals surface area contributed by atoms with Crippen LogP contribution in [0.15, 0.2) is 35.3 Å². The number of guanidine groups is 1. The molecule has 1 aromatic rings. The maximum atomic E-state index is 5.82. The van der Waals surface area contributed by atoms with Gasteiger partial charge in [-0.2, -0.15) is 0 Å². The van der Waals surface area contributed by atoms with E-state index in [0.29, 0.717) is 6.04 Å². The van der Waals surface area contributed by atoms with Gasteiger partial charge in [-0.25, -0.2) is 0 Å². The van der Waals surface area contributed by atoms with Gasteiger partial charge in [-0.15, -0.1) is 0 Å². The van der Waals surface area contributed by atoms with Crippen molar-refractivity contribution < 1.29 is 9.47 Å². The summed E-state index contributed by atoms with van der Waals surface area (Å²) in [4.78, 5) is 4.38. The standard InChI is InChI=1S/C23H40N4O2/c1-5-23(6-2,27-19(3)20-11-8-7-9-12-20)18-26-22(24-4)25-14-10-15-29-21-13-16-28-17-21/h7-9,11-12,19,21,27H,5-6,10,13-18H2,1-4H3,(H2,24,25,26). The Morgan fingerprint density at radius 1 is 1.24 bits per heavy atom. The van der Waals surface area contributed by atoms with Crippen molar-refractivity contribution in [3.05, 3.63) is 35.9 Å². The van der Waals surface area contributed by atoms with E-state index in [0.717, 1.165) is 64.6 Å². The van der Waals surface area contributed by atoms with Crippen molar-refractivity contribution in [3.63, 3.8) is 0 Å². The normalized spacial score (nSPS) is 18.6. The quantitative estimate of drug-likeness (QED) is 0.283. The van der Waals surface area contributed by atoms with Gasteiger partial charge in [-0.1, -0.05) is 44.2 Å². The number of aliphatic imine (C=N–C) groups is 1. The van der Waals surface area contributed by atoms with E-state index in [2.05, 4.69) is 72.0 Å². The van der Waals surface area contributed by atoms with Gasteiger partial charge >= 0.3 is 0 Å². The maximum absolute atomic E-state index is 5.82. The first-order valence-electron chi connectivity index (χ1n) is 11.1. The molecule has 2 rings (SSSR count). The molecule has 0 bridgehead atoms. The van der Waals surface area contributed by atoms with Crippen LogP contribution in [-0.4, -0.2) is 57.6 Å². The minimum absolute atomic E-state index is 0.0124. The number of ether oxygens (including phenoxy) is 2. The molecule has 0 aromatic heterocycles. The van der Waals surface area contributed by atoms with E-state index in [4.69, 9.17) is 9.47 Å². The summed E-state index contributed by atoms with van der Waals surface area (Å²) in [7, 11) is 1.82. The fraction of sp³-hybridized carbons (Fsp3) is 0.696. The molecule has 0 spiro atoms. The first-order chi connectivity index (χ1) is 14.1. The second-order valence-electron chi connectivity index (χ2n) is 7.83. The number of rotatable bonds is 12. The van der Waals surface area contributed by atoms with Crippen molar-refractivity contribution in [2.75, 3.05) is 40.0 Å². The van der Waals surface area contributed by atoms with Crippen LogP contribution in [0.1, 0.15) is 58.1 Å². The average molecular weight is 405 g/mol. The Labute approximate surface area is 176 Å². The third-order valence-corrected chi connectivity index (χ3v) is 5.85. The Morgan fingerprint density at radius 3 is 2.62 bits per heavy atom. The average Bonchev–Trinajstić information content (AvgIpc) is 3.28. The highest BCUT2D eigenvalue weighted by atomic mass is 16.5. The third-order valence-electron chi connectivity index (χ3n) is 5.85. The zero-order valence-electron chi connectivity index (χ0n) is 18.7. The van der Waals surface area contributed by atoms with Crippen molar-refractivity contribution in [2.45, 2.75) is 64.1 Å². The lowest BCUT2D eigenvalue weighted by atomic mass is 9.90. The molecular weight excluding hydrogens is 364 g/mol. The van der Waals surface area contributed by atoms with Gasteiger partial charge in [0.2, 0.25) is 0 Å². The van der Waals surface area contributed by atoms with E-state index in [1.807, 2.05) is 7.05 Å². The lowest BCUT2D eigenvalue weighted by Crippen LogP contribution is -2.55. The number of benzene rings is 1. The van der Waals surface area contributed by atoms with Crippen LogP contribution in [0.3, 0.4) is 0 Å². The van der Waals surface area contributed by atoms with Gasteiger partial charge in [0.25, 0.3) is 0 Å². The summed E-state index contributed by atoms with van der Waals surface area (Å²) in [5, 5.41) is 10.8. The molecule has 3 N–H and O–H groups in total. The van der Waals surface area contributed by atoms with Crippen molar-refractivity contribution in [1.82, 2.24) is 16.0 Å². The highest BCUT2D eigenvalue weighted by molar-refractivity contribution is 5.79. The fourth-order valence-electron chi connectivity index (χ4n) is 3.69. The summed E-state index contributed by atoms with van der Waals surface area (Å²) < 4.78 is 11.2. The zero-order valence-corrected chi connectivity index (χ0v) is 18.7. The summed E-state index contributed by atoms with van der Waals surface area (Å²) in [5.74, 6) is 0.842. The highest BCUT2D eigenvalue weighted by Crippen LogP contribution is 2.21. The van der Waals surface area contributed by atoms with Crippen molar-refractivity contribution in [3.8, 4) is 0 Å². The van der Waals surface area contributed by atoms with Gasteiger partial charge in [-0.05, 0) is 38.2 Å². The Bertz CT molecular complexity index is 584. The van der Waals surface area contributed by atoms with Crippen molar-refractivity contribution in [2.24, 2.45) is 4.99 Å². The molecule has 1 aromatic carbocycles. The second kappa shape index (κ2) is 12.8. The van der Waals surface area contributed by atoms with Crippen LogP contribution in [0, 0.1) is 0 Å². The van der Waals surface area contributed by atoms with Crippen molar-refractivity contribution in [1.29, 1.82) is 0 Å². The monoisotopic (exact) mass is 404 g/mol. The first kappa shape index (κ1) is 23.6. The Kier molecular flexibility index (Phi) is 10.5. The fourth-order valence-corrected chi connectivity index (χ4v) is 3.69. The van der Waals surface area contributed by atoms with Gasteiger partial charge in [0.05, 0.1) is 12.7 Å². The minimum Gasteiger partial charge on any atom is -0.379 e. The molecular formula is C23H40N4O2. The SMILES string of the molecule is CCC(CC)(CNC(=NC)NCCCOC1CCOC1)NC(C)c1ccccc1. The number of hydrogen-bond donors (Lipinski definition) is 3. The topological polar surface area (TPSA) is 66.9 Å². The van der Waals surface area contributed by atoms with Gasteiger partial charge in [0, 0.05) is 44.9 Å². The molecule has 29 heavy (non-hydrogen) atoms. The zero-order chi connectivity index (χ0) is 21.0. The van der Waals surface area contributed by atoms with Crippen LogP contribution in [-0.2, 0) is 9.47 Å². The highest BCUT2D eigenvalue weighted by Gasteiger charge is 2.28. The van der Waals surface area contributed by atoms with Crippen LogP contribution >= 0.6 is 0 Å². The van der Waals surface area contributed by atoms with E-state index in [1.165, 1.54) is 5.56 Å². The molecule has 2 atom stereocenters. The molecule has 0 radical (unpaired) electrons. The van der Waals surface area contributed by atoms with Crippen LogP contribution < -0.4 is 16.0 Å². The maximum Gasteiger partial charge on any atom is 0.191 e. The molecule has 0 saturated carbocycles. The molecule has 1 aliphatic heterocycles. The lowest BCUT2D eigenvalue weighted by Gasteiger charge is -2.37. The molecule has 6 nitrogen and oxygen atoms in total. The number of nitrogens with zero attached hydrogens (tertiary/aromatic N) is 1. The third kappa shape index (κ3) is 7.96. The van der Waals surface area contributed by atoms with E-state index in [9.17, 15) is 0 Å². The Balaban J connectivity index is 1.76. The molecule has 1 saturated heterocycles. The Hall–Kier alpha value is -1.63. The second-order valence-corrected chi connectivity index (χ2v) is 7.83.